The van der Waals surface area contributed by atoms with E-state index in [-0.39, 0.29) is 32.2 Å². The Morgan fingerprint density at radius 1 is 1.12 bits per heavy atom. The number of carbonyl (C=O) groups is 2. The van der Waals surface area contributed by atoms with Crippen LogP contribution in [0.3, 0.4) is 0 Å². The number of nitrogens with zero attached hydrogens (tertiary/aromatic N) is 2. The van der Waals surface area contributed by atoms with Gasteiger partial charge in [-0.2, -0.15) is 0 Å². The van der Waals surface area contributed by atoms with Crippen LogP contribution in [0.15, 0.2) is 58.6 Å². The molecule has 3 heterocycles. The molecule has 0 radical (unpaired) electrons. The molecule has 0 unspecified atom stereocenters. The van der Waals surface area contributed by atoms with Crippen molar-refractivity contribution < 1.29 is 38.7 Å². The van der Waals surface area contributed by atoms with Crippen LogP contribution in [0, 0.1) is 0 Å². The first-order valence-electron chi connectivity index (χ1n) is 12.6. The van der Waals surface area contributed by atoms with Crippen LogP contribution in [0.5, 0.6) is 28.7 Å². The number of aromatic nitrogens is 1. The number of amides is 1. The topological polar surface area (TPSA) is 128 Å². The zero-order valence-electron chi connectivity index (χ0n) is 21.8. The lowest BCUT2D eigenvalue weighted by Gasteiger charge is -2.24. The second kappa shape index (κ2) is 10.6. The average Bonchev–Trinajstić information content (AvgIpc) is 3.51. The molecule has 41 heavy (non-hydrogen) atoms. The van der Waals surface area contributed by atoms with Crippen LogP contribution in [0.1, 0.15) is 24.1 Å². The number of benzene rings is 3. The average molecular weight is 639 g/mol. The Kier molecular flexibility index (Phi) is 6.96. The largest absolute Gasteiger partial charge is 0.507 e. The number of aromatic hydroxyl groups is 1. The predicted molar refractivity (Wildman–Crippen MR) is 155 cm³/mol. The maximum absolute atomic E-state index is 13.7. The number of carbonyl (C=O) groups excluding carboxylic acids is 2. The van der Waals surface area contributed by atoms with Crippen LogP contribution in [0.2, 0.25) is 0 Å². The van der Waals surface area contributed by atoms with Gasteiger partial charge in [0.25, 0.3) is 5.78 Å². The second-order valence-electron chi connectivity index (χ2n) is 9.14. The second-order valence-corrected chi connectivity index (χ2v) is 11.0. The van der Waals surface area contributed by atoms with Crippen LogP contribution >= 0.6 is 27.3 Å². The van der Waals surface area contributed by atoms with E-state index in [1.807, 2.05) is 13.0 Å². The highest BCUT2D eigenvalue weighted by Gasteiger charge is 2.48. The number of hydrogen-bond donors (Lipinski definition) is 2. The smallest absolute Gasteiger partial charge is 0.301 e. The van der Waals surface area contributed by atoms with Gasteiger partial charge in [0.2, 0.25) is 0 Å². The molecule has 0 aliphatic carbocycles. The lowest BCUT2D eigenvalue weighted by Crippen LogP contribution is -2.29. The Hall–Kier alpha value is -4.29. The van der Waals surface area contributed by atoms with E-state index in [1.54, 1.807) is 36.4 Å². The van der Waals surface area contributed by atoms with Gasteiger partial charge in [-0.05, 0) is 76.9 Å². The Balaban J connectivity index is 1.55. The van der Waals surface area contributed by atoms with Gasteiger partial charge in [0, 0.05) is 5.56 Å². The summed E-state index contributed by atoms with van der Waals surface area (Å²) in [4.78, 5) is 33.2. The molecule has 0 saturated carbocycles. The van der Waals surface area contributed by atoms with Crippen LogP contribution < -0.4 is 23.8 Å². The van der Waals surface area contributed by atoms with Crippen molar-refractivity contribution in [1.82, 2.24) is 4.98 Å². The molecule has 1 fully saturated rings. The maximum Gasteiger partial charge on any atom is 0.301 e. The molecule has 0 bridgehead atoms. The third-order valence-corrected chi connectivity index (χ3v) is 8.33. The van der Waals surface area contributed by atoms with Gasteiger partial charge in [0.05, 0.1) is 40.0 Å². The number of methoxy groups -OCH3 is 1. The quantitative estimate of drug-likeness (QED) is 0.158. The molecular formula is C29H23BrN2O8S. The van der Waals surface area contributed by atoms with Crippen molar-refractivity contribution in [2.75, 3.05) is 31.8 Å². The number of phenols is 1. The molecule has 210 valence electrons. The molecule has 1 atom stereocenters. The van der Waals surface area contributed by atoms with Gasteiger partial charge >= 0.3 is 5.91 Å². The van der Waals surface area contributed by atoms with E-state index >= 15 is 0 Å². The van der Waals surface area contributed by atoms with Gasteiger partial charge in [-0.3, -0.25) is 14.5 Å². The molecular weight excluding hydrogens is 616 g/mol. The Morgan fingerprint density at radius 2 is 1.90 bits per heavy atom. The summed E-state index contributed by atoms with van der Waals surface area (Å²) in [6.07, 6.45) is 0. The number of halogens is 1. The lowest BCUT2D eigenvalue weighted by atomic mass is 9.95. The van der Waals surface area contributed by atoms with E-state index in [0.29, 0.717) is 48.1 Å². The highest BCUT2D eigenvalue weighted by Crippen LogP contribution is 2.48. The minimum atomic E-state index is -1.10. The van der Waals surface area contributed by atoms with Gasteiger partial charge in [0.1, 0.15) is 24.7 Å². The van der Waals surface area contributed by atoms with Crippen molar-refractivity contribution in [1.29, 1.82) is 0 Å². The summed E-state index contributed by atoms with van der Waals surface area (Å²) >= 11 is 4.54. The lowest BCUT2D eigenvalue weighted by molar-refractivity contribution is -0.132. The number of thiazole rings is 1. The number of ether oxygens (including phenoxy) is 4. The third-order valence-electron chi connectivity index (χ3n) is 6.71. The first-order chi connectivity index (χ1) is 19.8. The molecule has 1 aromatic heterocycles. The fourth-order valence-corrected chi connectivity index (χ4v) is 6.33. The standard InChI is InChI=1S/C29H23BrN2O8S/c1-3-38-16-5-6-18-22(13-16)41-29(31-18)32-24(15-10-17(30)26(34)21(12-15)37-2)23(27(35)28(32)36)25(33)14-4-7-19-20(11-14)40-9-8-39-19/h4-7,10-13,24,33-34H,3,8-9H2,1-2H3/b25-23+/t24-/m1/s1. The summed E-state index contributed by atoms with van der Waals surface area (Å²) in [5.41, 5.74) is 1.14. The zero-order chi connectivity index (χ0) is 28.8. The molecule has 1 saturated heterocycles. The monoisotopic (exact) mass is 638 g/mol. The van der Waals surface area contributed by atoms with E-state index in [2.05, 4.69) is 20.9 Å². The van der Waals surface area contributed by atoms with Crippen LogP contribution in [0.4, 0.5) is 5.13 Å². The highest BCUT2D eigenvalue weighted by molar-refractivity contribution is 9.10. The van der Waals surface area contributed by atoms with Crippen molar-refractivity contribution in [3.05, 3.63) is 69.7 Å². The normalized spacial score (nSPS) is 17.7. The highest BCUT2D eigenvalue weighted by atomic mass is 79.9. The molecule has 2 aliphatic rings. The van der Waals surface area contributed by atoms with Crippen molar-refractivity contribution in [3.8, 4) is 28.7 Å². The number of phenolic OH excluding ortho intramolecular Hbond substituents is 1. The fraction of sp³-hybridized carbons (Fsp3) is 0.207. The number of ketones is 1. The van der Waals surface area contributed by atoms with Gasteiger partial charge in [-0.15, -0.1) is 0 Å². The first kappa shape index (κ1) is 26.9. The minimum Gasteiger partial charge on any atom is -0.507 e. The molecule has 4 aromatic rings. The van der Waals surface area contributed by atoms with E-state index in [0.717, 1.165) is 4.70 Å². The van der Waals surface area contributed by atoms with Crippen LogP contribution in [0.25, 0.3) is 16.0 Å². The molecule has 12 heteroatoms. The molecule has 3 aromatic carbocycles. The van der Waals surface area contributed by atoms with E-state index in [1.165, 1.54) is 29.4 Å². The number of Topliss-reactive ketones (excluding diaryl/α,β-unsaturated/α-hetero) is 1. The molecule has 0 spiro atoms. The van der Waals surface area contributed by atoms with Crippen molar-refractivity contribution in [3.63, 3.8) is 0 Å². The zero-order valence-corrected chi connectivity index (χ0v) is 24.2. The van der Waals surface area contributed by atoms with Crippen molar-refractivity contribution in [2.24, 2.45) is 0 Å². The summed E-state index contributed by atoms with van der Waals surface area (Å²) < 4.78 is 23.2. The van der Waals surface area contributed by atoms with Crippen LogP contribution in [-0.2, 0) is 9.59 Å². The Bertz CT molecular complexity index is 1750. The molecule has 1 amide bonds. The number of aliphatic hydroxyl groups excluding tert-OH is 1. The molecule has 6 rings (SSSR count). The fourth-order valence-electron chi connectivity index (χ4n) is 4.85. The Labute approximate surface area is 246 Å². The molecule has 2 aliphatic heterocycles. The number of hydrogen-bond acceptors (Lipinski definition) is 10. The summed E-state index contributed by atoms with van der Waals surface area (Å²) in [5.74, 6) is -0.598. The van der Waals surface area contributed by atoms with Gasteiger partial charge in [-0.1, -0.05) is 11.3 Å². The summed E-state index contributed by atoms with van der Waals surface area (Å²) in [5, 5.41) is 22.3. The van der Waals surface area contributed by atoms with Gasteiger partial charge in [-0.25, -0.2) is 4.98 Å². The number of anilines is 1. The van der Waals surface area contributed by atoms with Gasteiger partial charge in [0.15, 0.2) is 28.1 Å². The summed E-state index contributed by atoms with van der Waals surface area (Å²) in [7, 11) is 1.39. The van der Waals surface area contributed by atoms with Gasteiger partial charge < -0.3 is 29.2 Å². The molecule has 2 N–H and O–H groups in total. The number of rotatable bonds is 6. The predicted octanol–water partition coefficient (Wildman–Crippen LogP) is 5.57. The summed E-state index contributed by atoms with van der Waals surface area (Å²) in [6, 6.07) is 12.2. The third kappa shape index (κ3) is 4.62. The van der Waals surface area contributed by atoms with Crippen molar-refractivity contribution >= 4 is 60.1 Å². The first-order valence-corrected chi connectivity index (χ1v) is 14.2. The minimum absolute atomic E-state index is 0.116. The number of fused-ring (bicyclic) bond motifs is 2. The van der Waals surface area contributed by atoms with E-state index in [9.17, 15) is 19.8 Å². The molecule has 10 nitrogen and oxygen atoms in total. The maximum atomic E-state index is 13.7. The van der Waals surface area contributed by atoms with E-state index < -0.39 is 23.5 Å². The number of aliphatic hydroxyl groups is 1. The summed E-state index contributed by atoms with van der Waals surface area (Å²) in [6.45, 7) is 3.11. The Morgan fingerprint density at radius 3 is 2.66 bits per heavy atom. The SMILES string of the molecule is CCOc1ccc2nc(N3C(=O)C(=O)/C(=C(/O)c4ccc5c(c4)OCCO5)[C@H]3c3cc(Br)c(O)c(OC)c3)sc2c1. The van der Waals surface area contributed by atoms with E-state index in [4.69, 9.17) is 18.9 Å². The van der Waals surface area contributed by atoms with Crippen LogP contribution in [-0.4, -0.2) is 53.8 Å². The van der Waals surface area contributed by atoms with Crippen molar-refractivity contribution in [2.45, 2.75) is 13.0 Å².